The Balaban J connectivity index is 1.78. The van der Waals surface area contributed by atoms with Crippen molar-refractivity contribution < 1.29 is 4.39 Å². The quantitative estimate of drug-likeness (QED) is 0.754. The molecule has 124 valence electrons. The van der Waals surface area contributed by atoms with Crippen molar-refractivity contribution in [3.05, 3.63) is 90.4 Å². The maximum Gasteiger partial charge on any atom is 0.123 e. The molecule has 2 heterocycles. The van der Waals surface area contributed by atoms with Crippen molar-refractivity contribution >= 4 is 5.69 Å². The van der Waals surface area contributed by atoms with E-state index in [1.807, 2.05) is 30.6 Å². The maximum absolute atomic E-state index is 13.6. The number of nitrogens with zero attached hydrogens (tertiary/aromatic N) is 2. The zero-order valence-corrected chi connectivity index (χ0v) is 14.0. The molecule has 0 saturated carbocycles. The molecule has 0 bridgehead atoms. The van der Waals surface area contributed by atoms with Crippen LogP contribution >= 0.6 is 0 Å². The summed E-state index contributed by atoms with van der Waals surface area (Å²) in [4.78, 5) is 8.22. The molecule has 0 radical (unpaired) electrons. The first-order valence-corrected chi connectivity index (χ1v) is 8.17. The third kappa shape index (κ3) is 2.70. The van der Waals surface area contributed by atoms with Crippen LogP contribution in [0.1, 0.15) is 18.1 Å². The normalized spacial score (nSPS) is 18.7. The SMILES string of the molecule is C=C1Nc2ccc(-c3cccc(F)c3)cc2C1(C)Cc1cncnc1. The average Bonchev–Trinajstić information content (AvgIpc) is 2.86. The number of rotatable bonds is 3. The van der Waals surface area contributed by atoms with Gasteiger partial charge in [0.15, 0.2) is 0 Å². The van der Waals surface area contributed by atoms with Crippen molar-refractivity contribution in [2.75, 3.05) is 5.32 Å². The van der Waals surface area contributed by atoms with Gasteiger partial charge in [-0.2, -0.15) is 0 Å². The molecule has 3 aromatic rings. The molecule has 2 aromatic carbocycles. The molecule has 1 aromatic heterocycles. The highest BCUT2D eigenvalue weighted by molar-refractivity contribution is 5.75. The average molecular weight is 331 g/mol. The Labute approximate surface area is 146 Å². The second kappa shape index (κ2) is 5.81. The molecular formula is C21H18FN3. The Bertz CT molecular complexity index is 952. The molecule has 3 nitrogen and oxygen atoms in total. The molecular weight excluding hydrogens is 313 g/mol. The van der Waals surface area contributed by atoms with E-state index in [4.69, 9.17) is 0 Å². The van der Waals surface area contributed by atoms with Gasteiger partial charge in [0.2, 0.25) is 0 Å². The zero-order chi connectivity index (χ0) is 17.4. The van der Waals surface area contributed by atoms with Gasteiger partial charge in [-0.25, -0.2) is 14.4 Å². The monoisotopic (exact) mass is 331 g/mol. The van der Waals surface area contributed by atoms with E-state index in [9.17, 15) is 4.39 Å². The number of halogens is 1. The van der Waals surface area contributed by atoms with Crippen LogP contribution in [0, 0.1) is 5.82 Å². The maximum atomic E-state index is 13.6. The van der Waals surface area contributed by atoms with Gasteiger partial charge in [0, 0.05) is 29.2 Å². The van der Waals surface area contributed by atoms with E-state index in [-0.39, 0.29) is 11.2 Å². The predicted molar refractivity (Wildman–Crippen MR) is 97.7 cm³/mol. The Kier molecular flexibility index (Phi) is 3.61. The fourth-order valence-electron chi connectivity index (χ4n) is 3.45. The highest BCUT2D eigenvalue weighted by atomic mass is 19.1. The molecule has 25 heavy (non-hydrogen) atoms. The number of benzene rings is 2. The van der Waals surface area contributed by atoms with Crippen LogP contribution in [0.4, 0.5) is 10.1 Å². The highest BCUT2D eigenvalue weighted by Crippen LogP contribution is 2.46. The highest BCUT2D eigenvalue weighted by Gasteiger charge is 2.38. The molecule has 0 spiro atoms. The Hall–Kier alpha value is -3.01. The Morgan fingerprint density at radius 1 is 1.08 bits per heavy atom. The predicted octanol–water partition coefficient (Wildman–Crippen LogP) is 4.72. The van der Waals surface area contributed by atoms with Gasteiger partial charge in [-0.15, -0.1) is 0 Å². The first-order valence-electron chi connectivity index (χ1n) is 8.17. The second-order valence-corrected chi connectivity index (χ2v) is 6.63. The first kappa shape index (κ1) is 15.5. The van der Waals surface area contributed by atoms with Gasteiger partial charge in [-0.05, 0) is 59.9 Å². The fraction of sp³-hybridized carbons (Fsp3) is 0.143. The van der Waals surface area contributed by atoms with Gasteiger partial charge in [0.05, 0.1) is 0 Å². The molecule has 0 saturated heterocycles. The van der Waals surface area contributed by atoms with Crippen LogP contribution in [-0.2, 0) is 11.8 Å². The minimum Gasteiger partial charge on any atom is -0.358 e. The second-order valence-electron chi connectivity index (χ2n) is 6.63. The summed E-state index contributed by atoms with van der Waals surface area (Å²) in [6.07, 6.45) is 5.95. The van der Waals surface area contributed by atoms with E-state index in [1.54, 1.807) is 12.1 Å². The van der Waals surface area contributed by atoms with E-state index >= 15 is 0 Å². The molecule has 0 aliphatic carbocycles. The third-order valence-electron chi connectivity index (χ3n) is 4.90. The van der Waals surface area contributed by atoms with Crippen LogP contribution in [-0.4, -0.2) is 9.97 Å². The van der Waals surface area contributed by atoms with Crippen LogP contribution in [0.25, 0.3) is 11.1 Å². The lowest BCUT2D eigenvalue weighted by Crippen LogP contribution is -2.25. The van der Waals surface area contributed by atoms with E-state index in [0.717, 1.165) is 40.1 Å². The van der Waals surface area contributed by atoms with Crippen molar-refractivity contribution in [2.45, 2.75) is 18.8 Å². The van der Waals surface area contributed by atoms with Crippen LogP contribution in [0.3, 0.4) is 0 Å². The van der Waals surface area contributed by atoms with Gasteiger partial charge < -0.3 is 5.32 Å². The molecule has 1 N–H and O–H groups in total. The lowest BCUT2D eigenvalue weighted by molar-refractivity contribution is 0.577. The minimum absolute atomic E-state index is 0.232. The lowest BCUT2D eigenvalue weighted by Gasteiger charge is -2.26. The van der Waals surface area contributed by atoms with Gasteiger partial charge >= 0.3 is 0 Å². The minimum atomic E-state index is -0.274. The topological polar surface area (TPSA) is 37.8 Å². The van der Waals surface area contributed by atoms with Crippen molar-refractivity contribution in [1.29, 1.82) is 0 Å². The zero-order valence-electron chi connectivity index (χ0n) is 14.0. The molecule has 0 amide bonds. The van der Waals surface area contributed by atoms with Crippen LogP contribution in [0.2, 0.25) is 0 Å². The molecule has 1 aliphatic heterocycles. The summed E-state index contributed by atoms with van der Waals surface area (Å²) in [6.45, 7) is 6.39. The smallest absolute Gasteiger partial charge is 0.123 e. The summed E-state index contributed by atoms with van der Waals surface area (Å²) in [7, 11) is 0. The summed E-state index contributed by atoms with van der Waals surface area (Å²) >= 11 is 0. The van der Waals surface area contributed by atoms with Crippen LogP contribution < -0.4 is 5.32 Å². The van der Waals surface area contributed by atoms with Crippen molar-refractivity contribution in [1.82, 2.24) is 9.97 Å². The molecule has 1 aliphatic rings. The number of hydrogen-bond donors (Lipinski definition) is 1. The van der Waals surface area contributed by atoms with Crippen molar-refractivity contribution in [2.24, 2.45) is 0 Å². The fourth-order valence-corrected chi connectivity index (χ4v) is 3.45. The molecule has 1 unspecified atom stereocenters. The van der Waals surface area contributed by atoms with Crippen molar-refractivity contribution in [3.8, 4) is 11.1 Å². The lowest BCUT2D eigenvalue weighted by atomic mass is 9.77. The number of aromatic nitrogens is 2. The Morgan fingerprint density at radius 2 is 1.84 bits per heavy atom. The number of anilines is 1. The van der Waals surface area contributed by atoms with Gasteiger partial charge in [-0.3, -0.25) is 0 Å². The molecule has 4 heteroatoms. The summed E-state index contributed by atoms with van der Waals surface area (Å²) in [5.74, 6) is -0.232. The van der Waals surface area contributed by atoms with Gasteiger partial charge in [0.25, 0.3) is 0 Å². The summed E-state index contributed by atoms with van der Waals surface area (Å²) in [5, 5.41) is 3.39. The summed E-state index contributed by atoms with van der Waals surface area (Å²) in [5.41, 5.74) is 5.78. The van der Waals surface area contributed by atoms with Crippen molar-refractivity contribution in [3.63, 3.8) is 0 Å². The first-order chi connectivity index (χ1) is 12.1. The number of fused-ring (bicyclic) bond motifs is 1. The number of nitrogens with one attached hydrogen (secondary N) is 1. The van der Waals surface area contributed by atoms with Crippen LogP contribution in [0.5, 0.6) is 0 Å². The third-order valence-corrected chi connectivity index (χ3v) is 4.90. The van der Waals surface area contributed by atoms with Gasteiger partial charge in [-0.1, -0.05) is 24.8 Å². The van der Waals surface area contributed by atoms with Gasteiger partial charge in [0.1, 0.15) is 12.1 Å². The summed E-state index contributed by atoms with van der Waals surface area (Å²) < 4.78 is 13.6. The van der Waals surface area contributed by atoms with Crippen LogP contribution in [0.15, 0.2) is 73.5 Å². The number of hydrogen-bond acceptors (Lipinski definition) is 3. The van der Waals surface area contributed by atoms with E-state index < -0.39 is 0 Å². The molecule has 4 rings (SSSR count). The van der Waals surface area contributed by atoms with E-state index in [0.29, 0.717) is 0 Å². The Morgan fingerprint density at radius 3 is 2.60 bits per heavy atom. The summed E-state index contributed by atoms with van der Waals surface area (Å²) in [6, 6.07) is 12.8. The molecule has 0 fully saturated rings. The standard InChI is InChI=1S/C21H18FN3/c1-14-21(2,10-15-11-23-13-24-12-15)19-9-17(6-7-20(19)25-14)16-4-3-5-18(22)8-16/h3-9,11-13,25H,1,10H2,2H3. The van der Waals surface area contributed by atoms with E-state index in [1.165, 1.54) is 12.4 Å². The largest absolute Gasteiger partial charge is 0.358 e. The van der Waals surface area contributed by atoms with E-state index in [2.05, 4.69) is 34.9 Å². The molecule has 1 atom stereocenters. The number of allylic oxidation sites excluding steroid dienone is 1.